The summed E-state index contributed by atoms with van der Waals surface area (Å²) in [6, 6.07) is 4.61. The zero-order chi connectivity index (χ0) is 11.0. The molecule has 15 heavy (non-hydrogen) atoms. The molecule has 0 spiro atoms. The van der Waals surface area contributed by atoms with Gasteiger partial charge in [-0.25, -0.2) is 4.98 Å². The molecule has 1 heterocycles. The Morgan fingerprint density at radius 2 is 2.27 bits per heavy atom. The molecule has 0 aliphatic rings. The van der Waals surface area contributed by atoms with E-state index in [4.69, 9.17) is 5.11 Å². The van der Waals surface area contributed by atoms with Crippen molar-refractivity contribution in [2.45, 2.75) is 6.54 Å². The Bertz CT molecular complexity index is 535. The van der Waals surface area contributed by atoms with E-state index in [1.165, 1.54) is 16.7 Å². The van der Waals surface area contributed by atoms with E-state index in [1.807, 2.05) is 0 Å². The van der Waals surface area contributed by atoms with Crippen LogP contribution in [0, 0.1) is 0 Å². The fraction of sp³-hybridized carbons (Fsp3) is 0.111. The number of hydrogen-bond donors (Lipinski definition) is 2. The highest BCUT2D eigenvalue weighted by Crippen LogP contribution is 2.23. The molecule has 2 N–H and O–H groups in total. The molecule has 2 aromatic rings. The minimum absolute atomic E-state index is 0.106. The number of nitrogens with zero attached hydrogens (tertiary/aromatic N) is 2. The second-order valence-electron chi connectivity index (χ2n) is 3.03. The van der Waals surface area contributed by atoms with Gasteiger partial charge < -0.3 is 14.8 Å². The van der Waals surface area contributed by atoms with Crippen LogP contribution in [-0.4, -0.2) is 25.7 Å². The summed E-state index contributed by atoms with van der Waals surface area (Å²) in [5.41, 5.74) is 1.23. The monoisotopic (exact) mass is 270 g/mol. The van der Waals surface area contributed by atoms with Gasteiger partial charge in [-0.1, -0.05) is 0 Å². The molecular weight excluding hydrogens is 264 g/mol. The first-order chi connectivity index (χ1) is 7.08. The number of carbonyl (C=O) groups is 1. The van der Waals surface area contributed by atoms with E-state index in [2.05, 4.69) is 20.9 Å². The Balaban J connectivity index is 2.63. The van der Waals surface area contributed by atoms with Crippen LogP contribution in [0.15, 0.2) is 22.9 Å². The van der Waals surface area contributed by atoms with E-state index in [1.54, 1.807) is 6.07 Å². The van der Waals surface area contributed by atoms with Gasteiger partial charge >= 0.3 is 5.97 Å². The van der Waals surface area contributed by atoms with Gasteiger partial charge in [-0.2, -0.15) is 0 Å². The summed E-state index contributed by atoms with van der Waals surface area (Å²) in [5, 5.41) is 17.9. The quantitative estimate of drug-likeness (QED) is 0.869. The van der Waals surface area contributed by atoms with E-state index in [0.29, 0.717) is 15.8 Å². The smallest absolute Gasteiger partial charge is 0.323 e. The Morgan fingerprint density at radius 1 is 1.53 bits per heavy atom. The number of aromatic hydroxyl groups is 1. The van der Waals surface area contributed by atoms with Crippen LogP contribution in [0.2, 0.25) is 0 Å². The summed E-state index contributed by atoms with van der Waals surface area (Å²) in [7, 11) is 0. The van der Waals surface area contributed by atoms with Crippen molar-refractivity contribution < 1.29 is 15.0 Å². The van der Waals surface area contributed by atoms with Crippen LogP contribution >= 0.6 is 15.9 Å². The highest BCUT2D eigenvalue weighted by Gasteiger charge is 2.11. The van der Waals surface area contributed by atoms with Crippen molar-refractivity contribution in [2.75, 3.05) is 0 Å². The zero-order valence-corrected chi connectivity index (χ0v) is 9.10. The van der Waals surface area contributed by atoms with Gasteiger partial charge in [-0.15, -0.1) is 0 Å². The number of carboxylic acid groups (broad SMARTS) is 1. The lowest BCUT2D eigenvalue weighted by atomic mass is 10.3. The first-order valence-electron chi connectivity index (χ1n) is 4.14. The van der Waals surface area contributed by atoms with Gasteiger partial charge in [0.15, 0.2) is 4.73 Å². The van der Waals surface area contributed by atoms with Crippen molar-refractivity contribution in [3.8, 4) is 5.75 Å². The lowest BCUT2D eigenvalue weighted by Gasteiger charge is -2.00. The fourth-order valence-corrected chi connectivity index (χ4v) is 1.88. The summed E-state index contributed by atoms with van der Waals surface area (Å²) in [6.45, 7) is -0.165. The van der Waals surface area contributed by atoms with E-state index in [-0.39, 0.29) is 12.3 Å². The van der Waals surface area contributed by atoms with Gasteiger partial charge in [0.1, 0.15) is 12.3 Å². The lowest BCUT2D eigenvalue weighted by molar-refractivity contribution is -0.137. The van der Waals surface area contributed by atoms with E-state index in [9.17, 15) is 9.90 Å². The maximum absolute atomic E-state index is 10.6. The number of aliphatic carboxylic acids is 1. The Hall–Kier alpha value is -1.56. The van der Waals surface area contributed by atoms with Crippen LogP contribution in [0.3, 0.4) is 0 Å². The van der Waals surface area contributed by atoms with Gasteiger partial charge in [0, 0.05) is 6.07 Å². The van der Waals surface area contributed by atoms with Crippen molar-refractivity contribution >= 4 is 32.9 Å². The average Bonchev–Trinajstić information content (AvgIpc) is 2.41. The summed E-state index contributed by atoms with van der Waals surface area (Å²) in [5.74, 6) is -0.835. The first-order valence-corrected chi connectivity index (χ1v) is 4.94. The molecule has 0 radical (unpaired) electrons. The molecule has 0 unspecified atom stereocenters. The highest BCUT2D eigenvalue weighted by atomic mass is 79.9. The van der Waals surface area contributed by atoms with Gasteiger partial charge in [0.25, 0.3) is 0 Å². The third-order valence-corrected chi connectivity index (χ3v) is 2.58. The minimum atomic E-state index is -0.942. The average molecular weight is 271 g/mol. The summed E-state index contributed by atoms with van der Waals surface area (Å²) in [4.78, 5) is 14.7. The maximum atomic E-state index is 10.6. The molecule has 0 fully saturated rings. The fourth-order valence-electron chi connectivity index (χ4n) is 1.37. The number of rotatable bonds is 2. The van der Waals surface area contributed by atoms with Crippen LogP contribution in [0.25, 0.3) is 11.0 Å². The van der Waals surface area contributed by atoms with Crippen LogP contribution < -0.4 is 0 Å². The van der Waals surface area contributed by atoms with Gasteiger partial charge in [0.2, 0.25) is 0 Å². The molecule has 0 atom stereocenters. The number of benzene rings is 1. The minimum Gasteiger partial charge on any atom is -0.508 e. The third-order valence-electron chi connectivity index (χ3n) is 1.98. The van der Waals surface area contributed by atoms with E-state index >= 15 is 0 Å². The van der Waals surface area contributed by atoms with Crippen molar-refractivity contribution in [3.63, 3.8) is 0 Å². The van der Waals surface area contributed by atoms with Crippen LogP contribution in [0.1, 0.15) is 0 Å². The second-order valence-corrected chi connectivity index (χ2v) is 3.74. The summed E-state index contributed by atoms with van der Waals surface area (Å²) in [6.07, 6.45) is 0. The van der Waals surface area contributed by atoms with Gasteiger partial charge in [0.05, 0.1) is 11.0 Å². The molecule has 0 saturated heterocycles. The molecule has 78 valence electrons. The van der Waals surface area contributed by atoms with Crippen molar-refractivity contribution in [1.82, 2.24) is 9.55 Å². The Kier molecular flexibility index (Phi) is 2.36. The molecule has 5 nitrogen and oxygen atoms in total. The highest BCUT2D eigenvalue weighted by molar-refractivity contribution is 9.10. The molecule has 0 bridgehead atoms. The van der Waals surface area contributed by atoms with Crippen molar-refractivity contribution in [3.05, 3.63) is 22.9 Å². The molecule has 0 aliphatic carbocycles. The number of fused-ring (bicyclic) bond motifs is 1. The third kappa shape index (κ3) is 1.80. The van der Waals surface area contributed by atoms with E-state index in [0.717, 1.165) is 0 Å². The second kappa shape index (κ2) is 3.54. The predicted molar refractivity (Wildman–Crippen MR) is 56.7 cm³/mol. The van der Waals surface area contributed by atoms with Gasteiger partial charge in [-0.3, -0.25) is 4.79 Å². The van der Waals surface area contributed by atoms with Gasteiger partial charge in [-0.05, 0) is 28.1 Å². The van der Waals surface area contributed by atoms with Crippen molar-refractivity contribution in [1.29, 1.82) is 0 Å². The number of carboxylic acids is 1. The van der Waals surface area contributed by atoms with Crippen LogP contribution in [0.4, 0.5) is 0 Å². The topological polar surface area (TPSA) is 75.3 Å². The normalized spacial score (nSPS) is 10.7. The molecular formula is C9H7BrN2O3. The van der Waals surface area contributed by atoms with Crippen LogP contribution in [0.5, 0.6) is 5.75 Å². The maximum Gasteiger partial charge on any atom is 0.323 e. The molecule has 6 heteroatoms. The first kappa shape index (κ1) is 9.97. The number of halogens is 1. The summed E-state index contributed by atoms with van der Waals surface area (Å²) < 4.78 is 1.95. The molecule has 0 aliphatic heterocycles. The molecule has 1 aromatic carbocycles. The zero-order valence-electron chi connectivity index (χ0n) is 7.51. The standard InChI is InChI=1S/C9H7BrN2O3/c10-9-11-6-3-5(13)1-2-7(6)12(9)4-8(14)15/h1-3,13H,4H2,(H,14,15). The van der Waals surface area contributed by atoms with Crippen molar-refractivity contribution in [2.24, 2.45) is 0 Å². The Morgan fingerprint density at radius 3 is 2.93 bits per heavy atom. The SMILES string of the molecule is O=C(O)Cn1c(Br)nc2cc(O)ccc21. The summed E-state index contributed by atoms with van der Waals surface area (Å²) >= 11 is 3.17. The predicted octanol–water partition coefficient (Wildman–Crippen LogP) is 1.59. The molecule has 2 rings (SSSR count). The Labute approximate surface area is 93.1 Å². The lowest BCUT2D eigenvalue weighted by Crippen LogP contribution is -2.08. The molecule has 0 amide bonds. The number of phenolic OH excluding ortho intramolecular Hbond substituents is 1. The van der Waals surface area contributed by atoms with E-state index < -0.39 is 5.97 Å². The van der Waals surface area contributed by atoms with Crippen LogP contribution in [-0.2, 0) is 11.3 Å². The number of hydrogen-bond acceptors (Lipinski definition) is 3. The number of imidazole rings is 1. The molecule has 1 aromatic heterocycles. The molecule has 0 saturated carbocycles. The number of aromatic nitrogens is 2. The largest absolute Gasteiger partial charge is 0.508 e. The number of phenols is 1.